The van der Waals surface area contributed by atoms with E-state index in [1.807, 2.05) is 97.7 Å². The van der Waals surface area contributed by atoms with Gasteiger partial charge in [-0.2, -0.15) is 5.10 Å². The number of benzene rings is 1. The first-order valence-electron chi connectivity index (χ1n) is 10.2. The largest absolute Gasteiger partial charge is 0.464 e. The van der Waals surface area contributed by atoms with E-state index in [0.717, 1.165) is 40.0 Å². The third-order valence-corrected chi connectivity index (χ3v) is 5.18. The van der Waals surface area contributed by atoms with E-state index < -0.39 is 0 Å². The molecule has 154 valence electrons. The molecule has 0 aliphatic carbocycles. The Kier molecular flexibility index (Phi) is 4.96. The second-order valence-electron chi connectivity index (χ2n) is 7.53. The van der Waals surface area contributed by atoms with Gasteiger partial charge in [0.15, 0.2) is 5.82 Å². The summed E-state index contributed by atoms with van der Waals surface area (Å²) >= 11 is 0. The molecule has 0 spiro atoms. The number of hydrazone groups is 1. The molecule has 0 radical (unpaired) electrons. The summed E-state index contributed by atoms with van der Waals surface area (Å²) in [7, 11) is 0. The summed E-state index contributed by atoms with van der Waals surface area (Å²) in [5, 5.41) is 15.6. The molecule has 0 saturated carbocycles. The lowest BCUT2D eigenvalue weighted by atomic mass is 10.1. The summed E-state index contributed by atoms with van der Waals surface area (Å²) in [6, 6.07) is 21.7. The SMILES string of the molecule is Cc1ccc(/C=C/C2=NN(c3ccc(-c4ccccc4)nn3)C(c3ccc(C)o3)C2)o1. The monoisotopic (exact) mass is 410 g/mol. The van der Waals surface area contributed by atoms with Gasteiger partial charge in [-0.05, 0) is 62.4 Å². The highest BCUT2D eigenvalue weighted by Gasteiger charge is 2.31. The van der Waals surface area contributed by atoms with Crippen LogP contribution in [0.3, 0.4) is 0 Å². The number of aromatic nitrogens is 2. The van der Waals surface area contributed by atoms with Gasteiger partial charge in [0, 0.05) is 12.0 Å². The zero-order valence-electron chi connectivity index (χ0n) is 17.4. The molecule has 6 nitrogen and oxygen atoms in total. The van der Waals surface area contributed by atoms with E-state index in [1.165, 1.54) is 0 Å². The van der Waals surface area contributed by atoms with Crippen LogP contribution in [0, 0.1) is 13.8 Å². The van der Waals surface area contributed by atoms with Crippen LogP contribution in [0.2, 0.25) is 0 Å². The molecule has 5 rings (SSSR count). The number of hydrogen-bond acceptors (Lipinski definition) is 6. The number of allylic oxidation sites excluding steroid dienone is 1. The number of hydrogen-bond donors (Lipinski definition) is 0. The molecule has 4 heterocycles. The highest BCUT2D eigenvalue weighted by molar-refractivity contribution is 6.00. The molecule has 0 bridgehead atoms. The number of anilines is 1. The van der Waals surface area contributed by atoms with Crippen LogP contribution >= 0.6 is 0 Å². The van der Waals surface area contributed by atoms with Crippen molar-refractivity contribution >= 4 is 17.6 Å². The minimum absolute atomic E-state index is 0.0800. The topological polar surface area (TPSA) is 67.7 Å². The summed E-state index contributed by atoms with van der Waals surface area (Å²) in [4.78, 5) is 0. The van der Waals surface area contributed by atoms with Crippen molar-refractivity contribution in [2.24, 2.45) is 5.10 Å². The Bertz CT molecular complexity index is 1240. The molecule has 0 fully saturated rings. The molecule has 0 saturated heterocycles. The van der Waals surface area contributed by atoms with E-state index in [0.29, 0.717) is 12.2 Å². The van der Waals surface area contributed by atoms with E-state index in [1.54, 1.807) is 0 Å². The smallest absolute Gasteiger partial charge is 0.172 e. The lowest BCUT2D eigenvalue weighted by Gasteiger charge is -2.20. The molecular formula is C25H22N4O2. The molecule has 1 aliphatic heterocycles. The number of nitrogens with zero attached hydrogens (tertiary/aromatic N) is 4. The fourth-order valence-corrected chi connectivity index (χ4v) is 3.63. The van der Waals surface area contributed by atoms with Crippen molar-refractivity contribution in [2.45, 2.75) is 26.3 Å². The fourth-order valence-electron chi connectivity index (χ4n) is 3.63. The van der Waals surface area contributed by atoms with Gasteiger partial charge in [0.05, 0.1) is 11.4 Å². The molecular weight excluding hydrogens is 388 g/mol. The maximum absolute atomic E-state index is 5.92. The molecule has 1 aromatic carbocycles. The van der Waals surface area contributed by atoms with Crippen molar-refractivity contribution < 1.29 is 8.83 Å². The van der Waals surface area contributed by atoms with Crippen molar-refractivity contribution in [3.8, 4) is 11.3 Å². The number of furan rings is 2. The Hall–Kier alpha value is -3.93. The third kappa shape index (κ3) is 4.05. The molecule has 0 N–H and O–H groups in total. The second kappa shape index (κ2) is 8.07. The van der Waals surface area contributed by atoms with Gasteiger partial charge in [-0.15, -0.1) is 10.2 Å². The molecule has 1 aliphatic rings. The fraction of sp³-hybridized carbons (Fsp3) is 0.160. The Morgan fingerprint density at radius 3 is 2.32 bits per heavy atom. The van der Waals surface area contributed by atoms with Gasteiger partial charge in [-0.3, -0.25) is 0 Å². The lowest BCUT2D eigenvalue weighted by molar-refractivity contribution is 0.444. The summed E-state index contributed by atoms with van der Waals surface area (Å²) < 4.78 is 11.5. The summed E-state index contributed by atoms with van der Waals surface area (Å²) in [5.41, 5.74) is 2.77. The normalized spacial score (nSPS) is 16.3. The molecule has 0 amide bonds. The average molecular weight is 410 g/mol. The van der Waals surface area contributed by atoms with Crippen LogP contribution in [-0.2, 0) is 0 Å². The van der Waals surface area contributed by atoms with Crippen LogP contribution in [0.5, 0.6) is 0 Å². The predicted molar refractivity (Wildman–Crippen MR) is 121 cm³/mol. The first-order chi connectivity index (χ1) is 15.2. The average Bonchev–Trinajstić information content (AvgIpc) is 3.53. The molecule has 1 atom stereocenters. The van der Waals surface area contributed by atoms with Crippen LogP contribution in [0.15, 0.2) is 86.7 Å². The van der Waals surface area contributed by atoms with Gasteiger partial charge in [0.2, 0.25) is 0 Å². The highest BCUT2D eigenvalue weighted by Crippen LogP contribution is 2.35. The van der Waals surface area contributed by atoms with Crippen molar-refractivity contribution in [3.05, 3.63) is 95.8 Å². The summed E-state index contributed by atoms with van der Waals surface area (Å²) in [6.45, 7) is 3.87. The molecule has 4 aromatic rings. The minimum Gasteiger partial charge on any atom is -0.464 e. The van der Waals surface area contributed by atoms with Gasteiger partial charge < -0.3 is 8.83 Å². The Balaban J connectivity index is 1.45. The Morgan fingerprint density at radius 2 is 1.65 bits per heavy atom. The van der Waals surface area contributed by atoms with Gasteiger partial charge in [-0.1, -0.05) is 30.3 Å². The molecule has 1 unspecified atom stereocenters. The molecule has 31 heavy (non-hydrogen) atoms. The van der Waals surface area contributed by atoms with Crippen molar-refractivity contribution in [3.63, 3.8) is 0 Å². The zero-order valence-corrected chi connectivity index (χ0v) is 17.4. The van der Waals surface area contributed by atoms with E-state index >= 15 is 0 Å². The van der Waals surface area contributed by atoms with Crippen LogP contribution in [0.1, 0.15) is 35.5 Å². The summed E-state index contributed by atoms with van der Waals surface area (Å²) in [5.74, 6) is 4.09. The Morgan fingerprint density at radius 1 is 0.839 bits per heavy atom. The van der Waals surface area contributed by atoms with Crippen molar-refractivity contribution in [2.75, 3.05) is 5.01 Å². The maximum Gasteiger partial charge on any atom is 0.172 e. The van der Waals surface area contributed by atoms with Crippen LogP contribution in [-0.4, -0.2) is 15.9 Å². The third-order valence-electron chi connectivity index (χ3n) is 5.18. The minimum atomic E-state index is -0.0800. The maximum atomic E-state index is 5.92. The quantitative estimate of drug-likeness (QED) is 0.406. The summed E-state index contributed by atoms with van der Waals surface area (Å²) in [6.07, 6.45) is 4.61. The highest BCUT2D eigenvalue weighted by atomic mass is 16.3. The van der Waals surface area contributed by atoms with Gasteiger partial charge in [0.1, 0.15) is 29.1 Å². The van der Waals surface area contributed by atoms with Crippen molar-refractivity contribution in [1.82, 2.24) is 10.2 Å². The number of rotatable bonds is 5. The standard InChI is InChI=1S/C25H22N4O2/c1-17-8-11-21(30-17)12-10-20-16-23(24-14-9-18(2)31-24)29(28-20)25-15-13-22(26-27-25)19-6-4-3-5-7-19/h3-15,23H,16H2,1-2H3/b12-10+. The van der Waals surface area contributed by atoms with E-state index in [4.69, 9.17) is 13.9 Å². The lowest BCUT2D eigenvalue weighted by Crippen LogP contribution is -2.19. The van der Waals surface area contributed by atoms with Crippen LogP contribution in [0.25, 0.3) is 17.3 Å². The van der Waals surface area contributed by atoms with Crippen LogP contribution < -0.4 is 5.01 Å². The first kappa shape index (κ1) is 19.1. The van der Waals surface area contributed by atoms with E-state index in [-0.39, 0.29) is 6.04 Å². The molecule has 3 aromatic heterocycles. The van der Waals surface area contributed by atoms with E-state index in [9.17, 15) is 0 Å². The van der Waals surface area contributed by atoms with Gasteiger partial charge >= 0.3 is 0 Å². The first-order valence-corrected chi connectivity index (χ1v) is 10.2. The van der Waals surface area contributed by atoms with Crippen LogP contribution in [0.4, 0.5) is 5.82 Å². The van der Waals surface area contributed by atoms with Gasteiger partial charge in [-0.25, -0.2) is 5.01 Å². The molecule has 6 heteroatoms. The second-order valence-corrected chi connectivity index (χ2v) is 7.53. The van der Waals surface area contributed by atoms with Crippen molar-refractivity contribution in [1.29, 1.82) is 0 Å². The zero-order chi connectivity index (χ0) is 21.2. The Labute approximate surface area is 180 Å². The van der Waals surface area contributed by atoms with Gasteiger partial charge in [0.25, 0.3) is 0 Å². The van der Waals surface area contributed by atoms with E-state index in [2.05, 4.69) is 10.2 Å². The number of aryl methyl sites for hydroxylation is 2. The predicted octanol–water partition coefficient (Wildman–Crippen LogP) is 5.97.